The first-order chi connectivity index (χ1) is 10.8. The van der Waals surface area contributed by atoms with Crippen LogP contribution in [0.25, 0.3) is 5.57 Å². The second-order valence-corrected chi connectivity index (χ2v) is 7.14. The molecule has 1 heterocycles. The molecule has 23 heavy (non-hydrogen) atoms. The van der Waals surface area contributed by atoms with Crippen molar-refractivity contribution in [2.75, 3.05) is 6.61 Å². The molecule has 0 bridgehead atoms. The molecule has 1 aromatic carbocycles. The third kappa shape index (κ3) is 2.43. The molecule has 2 atom stereocenters. The SMILES string of the molecule is CCCCC1(C)CC=C2c3c(ccc([N+](=O)[O-])c31)OCC2(C)O. The van der Waals surface area contributed by atoms with E-state index in [4.69, 9.17) is 4.74 Å². The van der Waals surface area contributed by atoms with E-state index in [9.17, 15) is 15.2 Å². The number of nitro benzene ring substituents is 1. The molecule has 2 aliphatic rings. The molecule has 0 saturated heterocycles. The van der Waals surface area contributed by atoms with Crippen molar-refractivity contribution >= 4 is 11.3 Å². The Kier molecular flexibility index (Phi) is 3.71. The number of ether oxygens (including phenoxy) is 1. The van der Waals surface area contributed by atoms with E-state index in [1.807, 2.05) is 6.08 Å². The Bertz CT molecular complexity index is 693. The van der Waals surface area contributed by atoms with Gasteiger partial charge in [0.1, 0.15) is 18.0 Å². The van der Waals surface area contributed by atoms with Crippen LogP contribution in [0, 0.1) is 10.1 Å². The van der Waals surface area contributed by atoms with Crippen LogP contribution in [-0.2, 0) is 5.41 Å². The van der Waals surface area contributed by atoms with Crippen LogP contribution in [0.15, 0.2) is 18.2 Å². The van der Waals surface area contributed by atoms with Gasteiger partial charge in [0.25, 0.3) is 5.69 Å². The Labute approximate surface area is 136 Å². The van der Waals surface area contributed by atoms with Gasteiger partial charge in [0.05, 0.1) is 4.92 Å². The van der Waals surface area contributed by atoms with Gasteiger partial charge in [-0.1, -0.05) is 32.8 Å². The summed E-state index contributed by atoms with van der Waals surface area (Å²) in [6.45, 7) is 6.09. The molecular weight excluding hydrogens is 294 g/mol. The summed E-state index contributed by atoms with van der Waals surface area (Å²) in [6, 6.07) is 3.20. The third-order valence-corrected chi connectivity index (χ3v) is 5.14. The molecule has 0 fully saturated rings. The number of aliphatic hydroxyl groups is 1. The molecule has 1 N–H and O–H groups in total. The van der Waals surface area contributed by atoms with Gasteiger partial charge in [0.2, 0.25) is 0 Å². The largest absolute Gasteiger partial charge is 0.490 e. The Hall–Kier alpha value is -1.88. The van der Waals surface area contributed by atoms with E-state index in [0.717, 1.165) is 36.0 Å². The van der Waals surface area contributed by atoms with Crippen molar-refractivity contribution in [2.24, 2.45) is 0 Å². The molecule has 0 spiro atoms. The van der Waals surface area contributed by atoms with Gasteiger partial charge in [-0.15, -0.1) is 0 Å². The zero-order chi connectivity index (χ0) is 16.8. The number of rotatable bonds is 4. The highest BCUT2D eigenvalue weighted by Gasteiger charge is 2.46. The summed E-state index contributed by atoms with van der Waals surface area (Å²) in [6.07, 6.45) is 5.69. The minimum absolute atomic E-state index is 0.134. The maximum atomic E-state index is 11.6. The van der Waals surface area contributed by atoms with Crippen LogP contribution >= 0.6 is 0 Å². The van der Waals surface area contributed by atoms with E-state index < -0.39 is 5.60 Å². The predicted octanol–water partition coefficient (Wildman–Crippen LogP) is 3.97. The van der Waals surface area contributed by atoms with Gasteiger partial charge in [0.15, 0.2) is 0 Å². The zero-order valence-electron chi connectivity index (χ0n) is 13.9. The lowest BCUT2D eigenvalue weighted by molar-refractivity contribution is -0.386. The molecule has 1 aromatic rings. The highest BCUT2D eigenvalue weighted by atomic mass is 16.6. The fraction of sp³-hybridized carbons (Fsp3) is 0.556. The molecule has 5 nitrogen and oxygen atoms in total. The summed E-state index contributed by atoms with van der Waals surface area (Å²) in [7, 11) is 0. The molecule has 0 radical (unpaired) electrons. The van der Waals surface area contributed by atoms with Crippen molar-refractivity contribution in [1.29, 1.82) is 0 Å². The fourth-order valence-corrected chi connectivity index (χ4v) is 3.83. The number of nitrogens with zero attached hydrogens (tertiary/aromatic N) is 1. The number of allylic oxidation sites excluding steroid dienone is 1. The van der Waals surface area contributed by atoms with Crippen LogP contribution < -0.4 is 4.74 Å². The number of unbranched alkanes of at least 4 members (excludes halogenated alkanes) is 1. The van der Waals surface area contributed by atoms with Crippen LogP contribution in [0.5, 0.6) is 5.75 Å². The van der Waals surface area contributed by atoms with Crippen LogP contribution in [0.1, 0.15) is 57.6 Å². The second kappa shape index (κ2) is 5.34. The first kappa shape index (κ1) is 16.0. The van der Waals surface area contributed by atoms with Crippen LogP contribution in [0.4, 0.5) is 5.69 Å². The van der Waals surface area contributed by atoms with Gasteiger partial charge in [-0.2, -0.15) is 0 Å². The van der Waals surface area contributed by atoms with E-state index in [-0.39, 0.29) is 22.6 Å². The van der Waals surface area contributed by atoms with Crippen LogP contribution in [-0.4, -0.2) is 22.2 Å². The van der Waals surface area contributed by atoms with Crippen molar-refractivity contribution in [1.82, 2.24) is 0 Å². The molecule has 0 saturated carbocycles. The minimum Gasteiger partial charge on any atom is -0.490 e. The summed E-state index contributed by atoms with van der Waals surface area (Å²) in [5, 5.41) is 22.3. The van der Waals surface area contributed by atoms with Gasteiger partial charge in [0, 0.05) is 22.6 Å². The van der Waals surface area contributed by atoms with Gasteiger partial charge >= 0.3 is 0 Å². The first-order valence-corrected chi connectivity index (χ1v) is 8.18. The van der Waals surface area contributed by atoms with Gasteiger partial charge in [-0.05, 0) is 31.4 Å². The van der Waals surface area contributed by atoms with Gasteiger partial charge < -0.3 is 9.84 Å². The first-order valence-electron chi connectivity index (χ1n) is 8.18. The zero-order valence-corrected chi connectivity index (χ0v) is 13.9. The maximum Gasteiger partial charge on any atom is 0.274 e. The van der Waals surface area contributed by atoms with E-state index >= 15 is 0 Å². The molecular formula is C18H23NO4. The van der Waals surface area contributed by atoms with Crippen LogP contribution in [0.3, 0.4) is 0 Å². The lowest BCUT2D eigenvalue weighted by atomic mass is 9.66. The standard InChI is InChI=1S/C18H23NO4/c1-4-5-9-17(2)10-8-12-15-14(23-11-18(12,3)20)7-6-13(16(15)17)19(21)22/h6-8,20H,4-5,9-11H2,1-3H3. The molecule has 0 amide bonds. The molecule has 2 unspecified atom stereocenters. The summed E-state index contributed by atoms with van der Waals surface area (Å²) in [5.74, 6) is 0.644. The molecule has 1 aliphatic heterocycles. The maximum absolute atomic E-state index is 11.6. The van der Waals surface area contributed by atoms with Crippen molar-refractivity contribution in [3.63, 3.8) is 0 Å². The predicted molar refractivity (Wildman–Crippen MR) is 88.7 cm³/mol. The third-order valence-electron chi connectivity index (χ3n) is 5.14. The lowest BCUT2D eigenvalue weighted by Crippen LogP contribution is -2.41. The average molecular weight is 317 g/mol. The smallest absolute Gasteiger partial charge is 0.274 e. The highest BCUT2D eigenvalue weighted by Crippen LogP contribution is 2.53. The Morgan fingerprint density at radius 3 is 2.78 bits per heavy atom. The lowest BCUT2D eigenvalue weighted by Gasteiger charge is -2.42. The number of hydrogen-bond donors (Lipinski definition) is 1. The minimum atomic E-state index is -1.11. The molecule has 3 rings (SSSR count). The summed E-state index contributed by atoms with van der Waals surface area (Å²) in [4.78, 5) is 11.3. The van der Waals surface area contributed by atoms with Crippen LogP contribution in [0.2, 0.25) is 0 Å². The Morgan fingerprint density at radius 2 is 2.13 bits per heavy atom. The molecule has 1 aliphatic carbocycles. The summed E-state index contributed by atoms with van der Waals surface area (Å²) in [5.41, 5.74) is 0.958. The molecule has 124 valence electrons. The highest BCUT2D eigenvalue weighted by molar-refractivity contribution is 5.84. The van der Waals surface area contributed by atoms with Crippen molar-refractivity contribution in [3.05, 3.63) is 39.4 Å². The normalized spacial score (nSPS) is 28.6. The van der Waals surface area contributed by atoms with Crippen molar-refractivity contribution in [2.45, 2.75) is 57.5 Å². The topological polar surface area (TPSA) is 72.6 Å². The van der Waals surface area contributed by atoms with Crippen molar-refractivity contribution < 1.29 is 14.8 Å². The monoisotopic (exact) mass is 317 g/mol. The number of hydrogen-bond acceptors (Lipinski definition) is 4. The van der Waals surface area contributed by atoms with E-state index in [2.05, 4.69) is 13.8 Å². The fourth-order valence-electron chi connectivity index (χ4n) is 3.83. The number of nitro groups is 1. The Morgan fingerprint density at radius 1 is 1.39 bits per heavy atom. The molecule has 0 aromatic heterocycles. The summed E-state index contributed by atoms with van der Waals surface area (Å²) >= 11 is 0. The second-order valence-electron chi connectivity index (χ2n) is 7.14. The van der Waals surface area contributed by atoms with Gasteiger partial charge in [-0.25, -0.2) is 0 Å². The van der Waals surface area contributed by atoms with Gasteiger partial charge in [-0.3, -0.25) is 10.1 Å². The average Bonchev–Trinajstić information content (AvgIpc) is 2.50. The quantitative estimate of drug-likeness (QED) is 0.673. The van der Waals surface area contributed by atoms with Crippen molar-refractivity contribution in [3.8, 4) is 5.75 Å². The van der Waals surface area contributed by atoms with E-state index in [0.29, 0.717) is 12.2 Å². The summed E-state index contributed by atoms with van der Waals surface area (Å²) < 4.78 is 5.70. The Balaban J connectivity index is 2.27. The van der Waals surface area contributed by atoms with E-state index in [1.54, 1.807) is 19.1 Å². The molecule has 5 heteroatoms. The number of benzene rings is 1. The van der Waals surface area contributed by atoms with E-state index in [1.165, 1.54) is 0 Å².